The van der Waals surface area contributed by atoms with Gasteiger partial charge in [-0.3, -0.25) is 0 Å². The van der Waals surface area contributed by atoms with Gasteiger partial charge in [-0.25, -0.2) is 4.99 Å². The summed E-state index contributed by atoms with van der Waals surface area (Å²) in [4.78, 5) is 5.70. The molecule has 2 aromatic carbocycles. The Bertz CT molecular complexity index is 966. The first-order chi connectivity index (χ1) is 13.7. The van der Waals surface area contributed by atoms with E-state index in [4.69, 9.17) is 15.2 Å². The number of hydrogen-bond donors (Lipinski definition) is 2. The van der Waals surface area contributed by atoms with Crippen LogP contribution in [0.3, 0.4) is 0 Å². The highest BCUT2D eigenvalue weighted by Gasteiger charge is 2.21. The van der Waals surface area contributed by atoms with Gasteiger partial charge in [-0.2, -0.15) is 0 Å². The summed E-state index contributed by atoms with van der Waals surface area (Å²) in [6.45, 7) is 1.24. The maximum absolute atomic E-state index is 6.15. The number of rotatable bonds is 5. The third kappa shape index (κ3) is 4.12. The fourth-order valence-electron chi connectivity index (χ4n) is 3.28. The molecule has 1 aliphatic heterocycles. The van der Waals surface area contributed by atoms with Gasteiger partial charge in [0.15, 0.2) is 5.96 Å². The second-order valence-electron chi connectivity index (χ2n) is 6.60. The van der Waals surface area contributed by atoms with Gasteiger partial charge >= 0.3 is 0 Å². The lowest BCUT2D eigenvalue weighted by Gasteiger charge is -2.26. The molecule has 1 atom stereocenters. The van der Waals surface area contributed by atoms with E-state index in [1.165, 1.54) is 10.4 Å². The van der Waals surface area contributed by atoms with E-state index in [-0.39, 0.29) is 6.04 Å². The Balaban J connectivity index is 1.40. The smallest absolute Gasteiger partial charge is 0.189 e. The largest absolute Gasteiger partial charge is 0.497 e. The number of nitrogens with two attached hydrogens (primary N) is 1. The molecule has 144 valence electrons. The van der Waals surface area contributed by atoms with Crippen LogP contribution < -0.4 is 20.5 Å². The number of thiophene rings is 1. The third-order valence-electron chi connectivity index (χ3n) is 4.76. The van der Waals surface area contributed by atoms with Crippen LogP contribution in [0.4, 0.5) is 0 Å². The molecule has 0 fully saturated rings. The molecule has 6 heteroatoms. The van der Waals surface area contributed by atoms with Crippen molar-refractivity contribution in [3.05, 3.63) is 70.4 Å². The highest BCUT2D eigenvalue weighted by molar-refractivity contribution is 7.10. The number of benzene rings is 2. The Kier molecular flexibility index (Phi) is 5.48. The van der Waals surface area contributed by atoms with Gasteiger partial charge < -0.3 is 20.5 Å². The van der Waals surface area contributed by atoms with E-state index in [1.54, 1.807) is 18.4 Å². The monoisotopic (exact) mass is 393 g/mol. The summed E-state index contributed by atoms with van der Waals surface area (Å²) in [7, 11) is 1.67. The molecule has 1 unspecified atom stereocenters. The minimum Gasteiger partial charge on any atom is -0.497 e. The molecule has 0 aliphatic carbocycles. The molecule has 3 N–H and O–H groups in total. The van der Waals surface area contributed by atoms with Crippen LogP contribution in [0, 0.1) is 0 Å². The lowest BCUT2D eigenvalue weighted by molar-refractivity contribution is 0.262. The number of methoxy groups -OCH3 is 1. The van der Waals surface area contributed by atoms with Gasteiger partial charge in [0, 0.05) is 16.9 Å². The number of ether oxygens (including phenoxy) is 2. The molecule has 1 aliphatic rings. The summed E-state index contributed by atoms with van der Waals surface area (Å²) in [5.74, 6) is 2.24. The molecule has 28 heavy (non-hydrogen) atoms. The molecule has 0 spiro atoms. The number of para-hydroxylation sites is 1. The van der Waals surface area contributed by atoms with Crippen molar-refractivity contribution in [2.75, 3.05) is 13.7 Å². The van der Waals surface area contributed by atoms with E-state index in [1.807, 2.05) is 30.3 Å². The van der Waals surface area contributed by atoms with Crippen LogP contribution in [0.5, 0.6) is 11.5 Å². The van der Waals surface area contributed by atoms with Crippen molar-refractivity contribution in [2.45, 2.75) is 19.0 Å². The zero-order valence-electron chi connectivity index (χ0n) is 15.7. The minimum atomic E-state index is 0.131. The Morgan fingerprint density at radius 1 is 1.21 bits per heavy atom. The Hall–Kier alpha value is -2.99. The number of nitrogens with zero attached hydrogens (tertiary/aromatic N) is 1. The van der Waals surface area contributed by atoms with Crippen LogP contribution in [-0.4, -0.2) is 19.7 Å². The van der Waals surface area contributed by atoms with E-state index in [0.717, 1.165) is 29.0 Å². The highest BCUT2D eigenvalue weighted by atomic mass is 32.1. The molecule has 5 nitrogen and oxygen atoms in total. The number of fused-ring (bicyclic) bond motifs is 1. The summed E-state index contributed by atoms with van der Waals surface area (Å²) in [6.07, 6.45) is 0.869. The Labute approximate surface area is 168 Å². The summed E-state index contributed by atoms with van der Waals surface area (Å²) in [6, 6.07) is 18.4. The zero-order valence-corrected chi connectivity index (χ0v) is 16.5. The SMILES string of the molecule is COc1ccc(-c2csc(CN=C(N)NC3CCOc4ccccc43)c2)cc1. The molecule has 2 heterocycles. The van der Waals surface area contributed by atoms with Crippen molar-refractivity contribution in [1.82, 2.24) is 5.32 Å². The number of hydrogen-bond acceptors (Lipinski definition) is 4. The van der Waals surface area contributed by atoms with Gasteiger partial charge in [-0.1, -0.05) is 30.3 Å². The van der Waals surface area contributed by atoms with Crippen LogP contribution in [0.2, 0.25) is 0 Å². The molecule has 0 bridgehead atoms. The van der Waals surface area contributed by atoms with Gasteiger partial charge in [-0.05, 0) is 40.8 Å². The second kappa shape index (κ2) is 8.35. The van der Waals surface area contributed by atoms with Crippen LogP contribution in [0.1, 0.15) is 22.9 Å². The highest BCUT2D eigenvalue weighted by Crippen LogP contribution is 2.31. The van der Waals surface area contributed by atoms with Crippen molar-refractivity contribution in [1.29, 1.82) is 0 Å². The van der Waals surface area contributed by atoms with Crippen LogP contribution in [0.15, 0.2) is 65.0 Å². The van der Waals surface area contributed by atoms with Crippen molar-refractivity contribution in [3.63, 3.8) is 0 Å². The van der Waals surface area contributed by atoms with Crippen LogP contribution >= 0.6 is 11.3 Å². The maximum Gasteiger partial charge on any atom is 0.189 e. The fraction of sp³-hybridized carbons (Fsp3) is 0.227. The van der Waals surface area contributed by atoms with Crippen LogP contribution in [-0.2, 0) is 6.54 Å². The predicted molar refractivity (Wildman–Crippen MR) is 114 cm³/mol. The van der Waals surface area contributed by atoms with E-state index in [0.29, 0.717) is 19.1 Å². The number of guanidine groups is 1. The number of aliphatic imine (C=N–C) groups is 1. The van der Waals surface area contributed by atoms with Crippen molar-refractivity contribution in [3.8, 4) is 22.6 Å². The summed E-state index contributed by atoms with van der Waals surface area (Å²) >= 11 is 1.69. The zero-order chi connectivity index (χ0) is 19.3. The van der Waals surface area contributed by atoms with Gasteiger partial charge in [0.25, 0.3) is 0 Å². The van der Waals surface area contributed by atoms with Crippen LogP contribution in [0.25, 0.3) is 11.1 Å². The quantitative estimate of drug-likeness (QED) is 0.499. The minimum absolute atomic E-state index is 0.131. The van der Waals surface area contributed by atoms with E-state index < -0.39 is 0 Å². The molecular weight excluding hydrogens is 370 g/mol. The van der Waals surface area contributed by atoms with Crippen molar-refractivity contribution in [2.24, 2.45) is 10.7 Å². The first-order valence-corrected chi connectivity index (χ1v) is 10.1. The van der Waals surface area contributed by atoms with Crippen molar-refractivity contribution >= 4 is 17.3 Å². The molecule has 1 aromatic heterocycles. The summed E-state index contributed by atoms with van der Waals surface area (Å²) < 4.78 is 10.9. The second-order valence-corrected chi connectivity index (χ2v) is 7.60. The van der Waals surface area contributed by atoms with Gasteiger partial charge in [-0.15, -0.1) is 11.3 Å². The predicted octanol–water partition coefficient (Wildman–Crippen LogP) is 4.35. The average molecular weight is 394 g/mol. The summed E-state index contributed by atoms with van der Waals surface area (Å²) in [5.41, 5.74) is 9.62. The van der Waals surface area contributed by atoms with E-state index in [2.05, 4.69) is 40.0 Å². The molecule has 0 saturated carbocycles. The first kappa shape index (κ1) is 18.4. The normalized spacial score (nSPS) is 16.2. The first-order valence-electron chi connectivity index (χ1n) is 9.23. The average Bonchev–Trinajstić information content (AvgIpc) is 3.22. The summed E-state index contributed by atoms with van der Waals surface area (Å²) in [5, 5.41) is 5.48. The van der Waals surface area contributed by atoms with E-state index in [9.17, 15) is 0 Å². The third-order valence-corrected chi connectivity index (χ3v) is 5.68. The Morgan fingerprint density at radius 2 is 2.04 bits per heavy atom. The fourth-order valence-corrected chi connectivity index (χ4v) is 4.09. The molecule has 3 aromatic rings. The molecular formula is C22H23N3O2S. The van der Waals surface area contributed by atoms with Gasteiger partial charge in [0.1, 0.15) is 11.5 Å². The molecule has 0 radical (unpaired) electrons. The lowest BCUT2D eigenvalue weighted by atomic mass is 10.0. The lowest BCUT2D eigenvalue weighted by Crippen LogP contribution is -2.37. The number of nitrogens with one attached hydrogen (secondary N) is 1. The van der Waals surface area contributed by atoms with E-state index >= 15 is 0 Å². The maximum atomic E-state index is 6.15. The topological polar surface area (TPSA) is 68.9 Å². The standard InChI is InChI=1S/C22H23N3O2S/c1-26-17-8-6-15(7-9-17)16-12-18(28-14-16)13-24-22(23)25-20-10-11-27-21-5-3-2-4-19(20)21/h2-9,12,14,20H,10-11,13H2,1H3,(H3,23,24,25). The molecule has 0 saturated heterocycles. The van der Waals surface area contributed by atoms with Crippen molar-refractivity contribution < 1.29 is 9.47 Å². The van der Waals surface area contributed by atoms with Gasteiger partial charge in [0.2, 0.25) is 0 Å². The molecule has 0 amide bonds. The Morgan fingerprint density at radius 3 is 2.86 bits per heavy atom. The van der Waals surface area contributed by atoms with Gasteiger partial charge in [0.05, 0.1) is 26.3 Å². The molecule has 4 rings (SSSR count).